The molecule has 0 amide bonds. The average molecular weight is 283 g/mol. The maximum absolute atomic E-state index is 11.8. The summed E-state index contributed by atoms with van der Waals surface area (Å²) in [7, 11) is 1.59. The van der Waals surface area contributed by atoms with Crippen LogP contribution in [0.3, 0.4) is 0 Å². The number of aromatic nitrogens is 1. The van der Waals surface area contributed by atoms with E-state index in [4.69, 9.17) is 20.3 Å². The lowest BCUT2D eigenvalue weighted by atomic mass is 10.2. The third-order valence-electron chi connectivity index (χ3n) is 2.67. The van der Waals surface area contributed by atoms with Crippen molar-refractivity contribution in [3.05, 3.63) is 17.8 Å². The minimum Gasteiger partial charge on any atom is -0.462 e. The number of nitrogens with two attached hydrogens (primary N) is 1. The van der Waals surface area contributed by atoms with Gasteiger partial charge in [-0.1, -0.05) is 0 Å². The second kappa shape index (κ2) is 8.34. The van der Waals surface area contributed by atoms with Gasteiger partial charge >= 0.3 is 5.97 Å². The molecule has 0 aliphatic carbocycles. The van der Waals surface area contributed by atoms with E-state index in [0.29, 0.717) is 25.5 Å². The Morgan fingerprint density at radius 1 is 1.50 bits per heavy atom. The third-order valence-corrected chi connectivity index (χ3v) is 2.67. The predicted octanol–water partition coefficient (Wildman–Crippen LogP) is 0.286. The Balaban J connectivity index is 2.98. The van der Waals surface area contributed by atoms with Gasteiger partial charge in [-0.05, 0) is 13.0 Å². The van der Waals surface area contributed by atoms with Crippen molar-refractivity contribution in [3.8, 4) is 0 Å². The van der Waals surface area contributed by atoms with Crippen molar-refractivity contribution in [2.45, 2.75) is 6.92 Å². The number of nitrogen functional groups attached to an aromatic ring is 1. The molecule has 0 aliphatic rings. The van der Waals surface area contributed by atoms with Crippen molar-refractivity contribution in [1.82, 2.24) is 4.98 Å². The van der Waals surface area contributed by atoms with Crippen molar-refractivity contribution in [3.63, 3.8) is 0 Å². The molecule has 0 bridgehead atoms. The summed E-state index contributed by atoms with van der Waals surface area (Å²) in [6.45, 7) is 3.41. The van der Waals surface area contributed by atoms with Crippen molar-refractivity contribution in [1.29, 1.82) is 0 Å². The molecule has 3 N–H and O–H groups in total. The Kier molecular flexibility index (Phi) is 6.75. The fourth-order valence-electron chi connectivity index (χ4n) is 1.68. The van der Waals surface area contributed by atoms with Gasteiger partial charge in [0.1, 0.15) is 5.82 Å². The molecule has 7 heteroatoms. The Morgan fingerprint density at radius 2 is 2.25 bits per heavy atom. The molecule has 20 heavy (non-hydrogen) atoms. The maximum atomic E-state index is 11.8. The summed E-state index contributed by atoms with van der Waals surface area (Å²) in [5.74, 6) is 0.0673. The van der Waals surface area contributed by atoms with E-state index in [1.807, 2.05) is 4.90 Å². The van der Waals surface area contributed by atoms with Crippen molar-refractivity contribution >= 4 is 17.5 Å². The topological polar surface area (TPSA) is 97.9 Å². The molecular formula is C13H21N3O4. The van der Waals surface area contributed by atoms with Crippen LogP contribution in [0, 0.1) is 0 Å². The van der Waals surface area contributed by atoms with Gasteiger partial charge in [0.25, 0.3) is 0 Å². The van der Waals surface area contributed by atoms with Crippen LogP contribution in [0.25, 0.3) is 0 Å². The highest BCUT2D eigenvalue weighted by molar-refractivity contribution is 5.95. The first-order valence-electron chi connectivity index (χ1n) is 6.41. The van der Waals surface area contributed by atoms with Gasteiger partial charge in [-0.3, -0.25) is 0 Å². The monoisotopic (exact) mass is 283 g/mol. The van der Waals surface area contributed by atoms with E-state index in [2.05, 4.69) is 4.98 Å². The normalized spacial score (nSPS) is 10.3. The number of rotatable bonds is 8. The summed E-state index contributed by atoms with van der Waals surface area (Å²) in [4.78, 5) is 17.8. The van der Waals surface area contributed by atoms with Crippen LogP contribution in [-0.2, 0) is 9.47 Å². The number of aliphatic hydroxyl groups excluding tert-OH is 1. The van der Waals surface area contributed by atoms with Gasteiger partial charge < -0.3 is 25.2 Å². The summed E-state index contributed by atoms with van der Waals surface area (Å²) in [5, 5.41) is 9.09. The molecule has 0 saturated carbocycles. The van der Waals surface area contributed by atoms with Crippen LogP contribution in [0.2, 0.25) is 0 Å². The lowest BCUT2D eigenvalue weighted by Crippen LogP contribution is -2.31. The van der Waals surface area contributed by atoms with Gasteiger partial charge in [0.2, 0.25) is 0 Å². The molecule has 7 nitrogen and oxygen atoms in total. The number of hydrogen-bond acceptors (Lipinski definition) is 7. The van der Waals surface area contributed by atoms with E-state index in [-0.39, 0.29) is 24.5 Å². The molecule has 112 valence electrons. The number of carbonyl (C=O) groups excluding carboxylic acids is 1. The van der Waals surface area contributed by atoms with E-state index < -0.39 is 5.97 Å². The third kappa shape index (κ3) is 4.36. The lowest BCUT2D eigenvalue weighted by Gasteiger charge is -2.23. The lowest BCUT2D eigenvalue weighted by molar-refractivity contribution is 0.0527. The second-order valence-electron chi connectivity index (χ2n) is 4.05. The largest absolute Gasteiger partial charge is 0.462 e. The van der Waals surface area contributed by atoms with E-state index in [9.17, 15) is 4.79 Å². The molecule has 0 fully saturated rings. The summed E-state index contributed by atoms with van der Waals surface area (Å²) in [6, 6.07) is 1.57. The fraction of sp³-hybridized carbons (Fsp3) is 0.538. The van der Waals surface area contributed by atoms with Crippen molar-refractivity contribution < 1.29 is 19.4 Å². The Labute approximate surface area is 118 Å². The number of ether oxygens (including phenoxy) is 2. The molecule has 1 aromatic rings. The smallest absolute Gasteiger partial charge is 0.340 e. The van der Waals surface area contributed by atoms with Gasteiger partial charge in [-0.2, -0.15) is 0 Å². The van der Waals surface area contributed by atoms with Crippen molar-refractivity contribution in [2.24, 2.45) is 0 Å². The van der Waals surface area contributed by atoms with Crippen LogP contribution in [0.15, 0.2) is 12.3 Å². The zero-order chi connectivity index (χ0) is 15.0. The number of esters is 1. The van der Waals surface area contributed by atoms with Crippen LogP contribution in [0.5, 0.6) is 0 Å². The molecule has 0 spiro atoms. The number of aliphatic hydroxyl groups is 1. The Bertz CT molecular complexity index is 440. The fourth-order valence-corrected chi connectivity index (χ4v) is 1.68. The number of methoxy groups -OCH3 is 1. The Hall–Kier alpha value is -1.86. The first-order valence-corrected chi connectivity index (χ1v) is 6.41. The van der Waals surface area contributed by atoms with Crippen LogP contribution < -0.4 is 10.6 Å². The predicted molar refractivity (Wildman–Crippen MR) is 75.8 cm³/mol. The standard InChI is InChI=1S/C13H21N3O4/c1-3-20-13(18)10-8-12(15-9-11(10)14)16(4-6-17)5-7-19-2/h8-9,17H,3-7,14H2,1-2H3. The molecule has 0 aliphatic heterocycles. The highest BCUT2D eigenvalue weighted by Crippen LogP contribution is 2.19. The average Bonchev–Trinajstić information content (AvgIpc) is 2.44. The van der Waals surface area contributed by atoms with E-state index in [0.717, 1.165) is 0 Å². The number of pyridine rings is 1. The molecule has 0 atom stereocenters. The van der Waals surface area contributed by atoms with E-state index in [1.54, 1.807) is 20.1 Å². The van der Waals surface area contributed by atoms with Gasteiger partial charge in [0, 0.05) is 20.2 Å². The van der Waals surface area contributed by atoms with Crippen molar-refractivity contribution in [2.75, 3.05) is 50.7 Å². The minimum atomic E-state index is -0.482. The summed E-state index contributed by atoms with van der Waals surface area (Å²) < 4.78 is 9.96. The van der Waals surface area contributed by atoms with Crippen LogP contribution >= 0.6 is 0 Å². The molecule has 0 saturated heterocycles. The summed E-state index contributed by atoms with van der Waals surface area (Å²) >= 11 is 0. The quantitative estimate of drug-likeness (QED) is 0.661. The number of hydrogen-bond donors (Lipinski definition) is 2. The first kappa shape index (κ1) is 16.2. The van der Waals surface area contributed by atoms with Gasteiger partial charge in [-0.15, -0.1) is 0 Å². The first-order chi connectivity index (χ1) is 9.63. The SMILES string of the molecule is CCOC(=O)c1cc(N(CCO)CCOC)ncc1N. The number of nitrogens with zero attached hydrogens (tertiary/aromatic N) is 2. The van der Waals surface area contributed by atoms with Crippen LogP contribution in [0.4, 0.5) is 11.5 Å². The minimum absolute atomic E-state index is 0.0233. The number of carbonyl (C=O) groups is 1. The van der Waals surface area contributed by atoms with Gasteiger partial charge in [0.15, 0.2) is 0 Å². The molecule has 1 aromatic heterocycles. The molecule has 0 unspecified atom stereocenters. The zero-order valence-corrected chi connectivity index (χ0v) is 11.8. The van der Waals surface area contributed by atoms with E-state index >= 15 is 0 Å². The molecule has 0 radical (unpaired) electrons. The zero-order valence-electron chi connectivity index (χ0n) is 11.8. The Morgan fingerprint density at radius 3 is 2.85 bits per heavy atom. The summed E-state index contributed by atoms with van der Waals surface area (Å²) in [6.07, 6.45) is 1.42. The van der Waals surface area contributed by atoms with Crippen LogP contribution in [-0.4, -0.2) is 56.1 Å². The van der Waals surface area contributed by atoms with E-state index in [1.165, 1.54) is 6.20 Å². The molecule has 1 rings (SSSR count). The summed E-state index contributed by atoms with van der Waals surface area (Å²) in [5.41, 5.74) is 6.28. The maximum Gasteiger partial charge on any atom is 0.340 e. The molecular weight excluding hydrogens is 262 g/mol. The number of anilines is 2. The molecule has 1 heterocycles. The second-order valence-corrected chi connectivity index (χ2v) is 4.05. The highest BCUT2D eigenvalue weighted by Gasteiger charge is 2.15. The van der Waals surface area contributed by atoms with Gasteiger partial charge in [0.05, 0.1) is 37.3 Å². The van der Waals surface area contributed by atoms with Crippen LogP contribution in [0.1, 0.15) is 17.3 Å². The molecule has 0 aromatic carbocycles. The highest BCUT2D eigenvalue weighted by atomic mass is 16.5. The van der Waals surface area contributed by atoms with Gasteiger partial charge in [-0.25, -0.2) is 9.78 Å².